The summed E-state index contributed by atoms with van der Waals surface area (Å²) in [6.07, 6.45) is 1.95. The SMILES string of the molecule is CSCCNC(=O)NCc1ccc(C(=O)O)o1. The van der Waals surface area contributed by atoms with Crippen LogP contribution >= 0.6 is 11.8 Å². The van der Waals surface area contributed by atoms with Crippen molar-refractivity contribution < 1.29 is 19.1 Å². The number of amides is 2. The van der Waals surface area contributed by atoms with Crippen molar-refractivity contribution in [2.45, 2.75) is 6.54 Å². The van der Waals surface area contributed by atoms with Gasteiger partial charge in [-0.05, 0) is 18.4 Å². The first-order chi connectivity index (χ1) is 8.13. The number of furan rings is 1. The largest absolute Gasteiger partial charge is 0.475 e. The Hall–Kier alpha value is -1.63. The molecule has 0 saturated carbocycles. The lowest BCUT2D eigenvalue weighted by atomic mass is 10.4. The zero-order valence-electron chi connectivity index (χ0n) is 9.36. The lowest BCUT2D eigenvalue weighted by molar-refractivity contribution is 0.0660. The van der Waals surface area contributed by atoms with E-state index in [1.165, 1.54) is 12.1 Å². The van der Waals surface area contributed by atoms with Crippen LogP contribution in [0.25, 0.3) is 0 Å². The van der Waals surface area contributed by atoms with Crippen molar-refractivity contribution in [2.24, 2.45) is 0 Å². The molecule has 1 heterocycles. The summed E-state index contributed by atoms with van der Waals surface area (Å²) < 4.78 is 4.97. The average molecular weight is 258 g/mol. The predicted molar refractivity (Wildman–Crippen MR) is 64.3 cm³/mol. The number of rotatable bonds is 6. The molecular weight excluding hydrogens is 244 g/mol. The van der Waals surface area contributed by atoms with Crippen LogP contribution < -0.4 is 10.6 Å². The van der Waals surface area contributed by atoms with Crippen molar-refractivity contribution in [1.29, 1.82) is 0 Å². The van der Waals surface area contributed by atoms with Gasteiger partial charge in [-0.25, -0.2) is 9.59 Å². The first-order valence-electron chi connectivity index (χ1n) is 4.96. The van der Waals surface area contributed by atoms with E-state index in [0.29, 0.717) is 12.3 Å². The minimum absolute atomic E-state index is 0.135. The van der Waals surface area contributed by atoms with Gasteiger partial charge in [0.1, 0.15) is 5.76 Å². The Morgan fingerprint density at radius 3 is 2.76 bits per heavy atom. The van der Waals surface area contributed by atoms with Gasteiger partial charge < -0.3 is 20.2 Å². The summed E-state index contributed by atoms with van der Waals surface area (Å²) in [5, 5.41) is 13.8. The van der Waals surface area contributed by atoms with Gasteiger partial charge in [0.05, 0.1) is 6.54 Å². The van der Waals surface area contributed by atoms with E-state index in [1.807, 2.05) is 6.26 Å². The molecule has 3 N–H and O–H groups in total. The van der Waals surface area contributed by atoms with Crippen LogP contribution in [-0.2, 0) is 6.54 Å². The van der Waals surface area contributed by atoms with Crippen LogP contribution in [0.5, 0.6) is 0 Å². The lowest BCUT2D eigenvalue weighted by Gasteiger charge is -2.04. The molecule has 0 aliphatic heterocycles. The zero-order valence-corrected chi connectivity index (χ0v) is 10.2. The summed E-state index contributed by atoms with van der Waals surface area (Å²) in [5.41, 5.74) is 0. The van der Waals surface area contributed by atoms with E-state index >= 15 is 0 Å². The van der Waals surface area contributed by atoms with Crippen molar-refractivity contribution in [3.8, 4) is 0 Å². The number of hydrogen-bond acceptors (Lipinski definition) is 4. The van der Waals surface area contributed by atoms with Crippen LogP contribution in [0.3, 0.4) is 0 Å². The van der Waals surface area contributed by atoms with Crippen molar-refractivity contribution in [3.63, 3.8) is 0 Å². The van der Waals surface area contributed by atoms with Gasteiger partial charge in [0.2, 0.25) is 5.76 Å². The quantitative estimate of drug-likeness (QED) is 0.665. The van der Waals surface area contributed by atoms with Gasteiger partial charge in [-0.15, -0.1) is 0 Å². The Morgan fingerprint density at radius 2 is 2.18 bits per heavy atom. The molecule has 1 aromatic rings. The number of thioether (sulfide) groups is 1. The minimum Gasteiger partial charge on any atom is -0.475 e. The molecule has 0 fully saturated rings. The molecule has 0 saturated heterocycles. The van der Waals surface area contributed by atoms with Crippen LogP contribution in [0.15, 0.2) is 16.5 Å². The maximum atomic E-state index is 11.2. The number of hydrogen-bond donors (Lipinski definition) is 3. The third-order valence-electron chi connectivity index (χ3n) is 1.89. The van der Waals surface area contributed by atoms with Crippen LogP contribution in [0.4, 0.5) is 4.79 Å². The predicted octanol–water partition coefficient (Wildman–Crippen LogP) is 1.14. The summed E-state index contributed by atoms with van der Waals surface area (Å²) in [4.78, 5) is 21.8. The van der Waals surface area contributed by atoms with E-state index in [4.69, 9.17) is 9.52 Å². The second-order valence-corrected chi connectivity index (χ2v) is 4.16. The van der Waals surface area contributed by atoms with Crippen molar-refractivity contribution >= 4 is 23.8 Å². The highest BCUT2D eigenvalue weighted by Crippen LogP contribution is 2.07. The molecule has 6 nitrogen and oxygen atoms in total. The Bertz CT molecular complexity index is 391. The van der Waals surface area contributed by atoms with Gasteiger partial charge in [0, 0.05) is 12.3 Å². The Labute approximate surface area is 103 Å². The fourth-order valence-electron chi connectivity index (χ4n) is 1.08. The van der Waals surface area contributed by atoms with Gasteiger partial charge in [-0.3, -0.25) is 0 Å². The average Bonchev–Trinajstić information content (AvgIpc) is 2.75. The van der Waals surface area contributed by atoms with Crippen LogP contribution in [0, 0.1) is 0 Å². The highest BCUT2D eigenvalue weighted by atomic mass is 32.2. The Balaban J connectivity index is 2.29. The molecule has 0 spiro atoms. The molecule has 1 aromatic heterocycles. The van der Waals surface area contributed by atoms with Crippen molar-refractivity contribution in [1.82, 2.24) is 10.6 Å². The van der Waals surface area contributed by atoms with Gasteiger partial charge in [-0.2, -0.15) is 11.8 Å². The van der Waals surface area contributed by atoms with E-state index in [2.05, 4.69) is 10.6 Å². The molecule has 2 amide bonds. The second kappa shape index (κ2) is 6.85. The maximum absolute atomic E-state index is 11.2. The number of urea groups is 1. The molecule has 0 bridgehead atoms. The number of carboxylic acid groups (broad SMARTS) is 1. The first kappa shape index (κ1) is 13.4. The normalized spacial score (nSPS) is 9.94. The van der Waals surface area contributed by atoms with Crippen molar-refractivity contribution in [3.05, 3.63) is 23.7 Å². The second-order valence-electron chi connectivity index (χ2n) is 3.17. The highest BCUT2D eigenvalue weighted by molar-refractivity contribution is 7.98. The van der Waals surface area contributed by atoms with Gasteiger partial charge in [0.15, 0.2) is 0 Å². The standard InChI is InChI=1S/C10H14N2O4S/c1-17-5-4-11-10(15)12-6-7-2-3-8(16-7)9(13)14/h2-3H,4-6H2,1H3,(H,13,14)(H2,11,12,15). The van der Waals surface area contributed by atoms with E-state index in [-0.39, 0.29) is 18.3 Å². The topological polar surface area (TPSA) is 91.6 Å². The first-order valence-corrected chi connectivity index (χ1v) is 6.35. The van der Waals surface area contributed by atoms with Crippen molar-refractivity contribution in [2.75, 3.05) is 18.6 Å². The van der Waals surface area contributed by atoms with Gasteiger partial charge in [0.25, 0.3) is 0 Å². The minimum atomic E-state index is -1.12. The number of carboxylic acids is 1. The summed E-state index contributed by atoms with van der Waals surface area (Å²) in [6, 6.07) is 2.57. The van der Waals surface area contributed by atoms with Gasteiger partial charge in [-0.1, -0.05) is 0 Å². The van der Waals surface area contributed by atoms with Crippen LogP contribution in [0.2, 0.25) is 0 Å². The fraction of sp³-hybridized carbons (Fsp3) is 0.400. The smallest absolute Gasteiger partial charge is 0.371 e. The molecule has 0 atom stereocenters. The molecule has 7 heteroatoms. The monoisotopic (exact) mass is 258 g/mol. The molecule has 1 rings (SSSR count). The van der Waals surface area contributed by atoms with Gasteiger partial charge >= 0.3 is 12.0 Å². The summed E-state index contributed by atoms with van der Waals surface area (Å²) >= 11 is 1.64. The number of aromatic carboxylic acids is 1. The van der Waals surface area contributed by atoms with E-state index < -0.39 is 5.97 Å². The number of nitrogens with one attached hydrogen (secondary N) is 2. The summed E-state index contributed by atoms with van der Waals surface area (Å²) in [7, 11) is 0. The Kier molecular flexibility index (Phi) is 5.41. The van der Waals surface area contributed by atoms with Crippen LogP contribution in [-0.4, -0.2) is 35.7 Å². The summed E-state index contributed by atoms with van der Waals surface area (Å²) in [6.45, 7) is 0.754. The molecule has 0 radical (unpaired) electrons. The molecule has 0 aromatic carbocycles. The number of carbonyl (C=O) groups is 2. The molecular formula is C10H14N2O4S. The summed E-state index contributed by atoms with van der Waals surface area (Å²) in [5.74, 6) is -0.00942. The highest BCUT2D eigenvalue weighted by Gasteiger charge is 2.09. The van der Waals surface area contributed by atoms with E-state index in [9.17, 15) is 9.59 Å². The molecule has 0 aliphatic rings. The molecule has 0 unspecified atom stereocenters. The fourth-order valence-corrected chi connectivity index (χ4v) is 1.39. The van der Waals surface area contributed by atoms with E-state index in [1.54, 1.807) is 11.8 Å². The number of carbonyl (C=O) groups excluding carboxylic acids is 1. The third kappa shape index (κ3) is 4.81. The third-order valence-corrected chi connectivity index (χ3v) is 2.50. The molecule has 0 aliphatic carbocycles. The Morgan fingerprint density at radius 1 is 1.41 bits per heavy atom. The molecule has 94 valence electrons. The lowest BCUT2D eigenvalue weighted by Crippen LogP contribution is -2.36. The van der Waals surface area contributed by atoms with E-state index in [0.717, 1.165) is 5.75 Å². The maximum Gasteiger partial charge on any atom is 0.371 e. The molecule has 17 heavy (non-hydrogen) atoms. The zero-order chi connectivity index (χ0) is 12.7. The van der Waals surface area contributed by atoms with Crippen LogP contribution in [0.1, 0.15) is 16.3 Å².